The summed E-state index contributed by atoms with van der Waals surface area (Å²) in [6.45, 7) is 0. The number of para-hydroxylation sites is 2. The molecule has 0 bridgehead atoms. The van der Waals surface area contributed by atoms with E-state index in [1.165, 1.54) is 0 Å². The van der Waals surface area contributed by atoms with Crippen molar-refractivity contribution in [3.05, 3.63) is 90.5 Å². The highest BCUT2D eigenvalue weighted by molar-refractivity contribution is 7.22. The molecule has 4 nitrogen and oxygen atoms in total. The molecule has 0 saturated carbocycles. The van der Waals surface area contributed by atoms with Gasteiger partial charge in [-0.1, -0.05) is 72.0 Å². The van der Waals surface area contributed by atoms with Gasteiger partial charge >= 0.3 is 0 Å². The largest absolute Gasteiger partial charge is 0.346 e. The number of anilines is 2. The molecular weight excluding hydrogens is 342 g/mol. The molecule has 0 spiro atoms. The van der Waals surface area contributed by atoms with Gasteiger partial charge in [0.1, 0.15) is 6.04 Å². The molecule has 0 radical (unpaired) electrons. The van der Waals surface area contributed by atoms with Crippen molar-refractivity contribution in [1.29, 1.82) is 0 Å². The lowest BCUT2D eigenvalue weighted by molar-refractivity contribution is -0.117. The smallest absolute Gasteiger partial charge is 0.251 e. The highest BCUT2D eigenvalue weighted by atomic mass is 32.1. The molecule has 1 unspecified atom stereocenters. The average Bonchev–Trinajstić information content (AvgIpc) is 3.10. The third-order valence-corrected chi connectivity index (χ3v) is 4.97. The number of benzene rings is 3. The summed E-state index contributed by atoms with van der Waals surface area (Å²) in [4.78, 5) is 17.5. The van der Waals surface area contributed by atoms with Gasteiger partial charge in [0, 0.05) is 5.69 Å². The molecule has 26 heavy (non-hydrogen) atoms. The third kappa shape index (κ3) is 3.58. The maximum absolute atomic E-state index is 12.9. The highest BCUT2D eigenvalue weighted by Gasteiger charge is 2.22. The van der Waals surface area contributed by atoms with Crippen LogP contribution in [-0.4, -0.2) is 10.9 Å². The fourth-order valence-corrected chi connectivity index (χ4v) is 3.63. The van der Waals surface area contributed by atoms with Crippen LogP contribution in [-0.2, 0) is 4.79 Å². The van der Waals surface area contributed by atoms with Crippen molar-refractivity contribution in [3.63, 3.8) is 0 Å². The van der Waals surface area contributed by atoms with E-state index in [1.54, 1.807) is 11.3 Å². The standard InChI is InChI=1S/C21H17N3OS/c25-20(22-16-11-5-2-6-12-16)19(15-9-3-1-4-10-15)24-21-23-17-13-7-8-14-18(17)26-21/h1-14,19H,(H,22,25)(H,23,24). The minimum absolute atomic E-state index is 0.123. The van der Waals surface area contributed by atoms with Gasteiger partial charge in [-0.05, 0) is 29.8 Å². The molecule has 1 heterocycles. The van der Waals surface area contributed by atoms with Crippen molar-refractivity contribution in [3.8, 4) is 0 Å². The first-order valence-corrected chi connectivity index (χ1v) is 9.14. The fourth-order valence-electron chi connectivity index (χ4n) is 2.74. The zero-order chi connectivity index (χ0) is 17.8. The molecule has 128 valence electrons. The van der Waals surface area contributed by atoms with Crippen LogP contribution in [0.5, 0.6) is 0 Å². The third-order valence-electron chi connectivity index (χ3n) is 4.00. The molecule has 1 aromatic heterocycles. The molecule has 4 aromatic rings. The van der Waals surface area contributed by atoms with Gasteiger partial charge in [0.05, 0.1) is 10.2 Å². The second-order valence-electron chi connectivity index (χ2n) is 5.83. The highest BCUT2D eigenvalue weighted by Crippen LogP contribution is 2.29. The number of fused-ring (bicyclic) bond motifs is 1. The summed E-state index contributed by atoms with van der Waals surface area (Å²) in [5, 5.41) is 7.00. The van der Waals surface area contributed by atoms with Crippen LogP contribution in [0.3, 0.4) is 0 Å². The lowest BCUT2D eigenvalue weighted by Gasteiger charge is -2.18. The summed E-state index contributed by atoms with van der Waals surface area (Å²) in [6, 6.07) is 26.6. The Balaban J connectivity index is 1.63. The van der Waals surface area contributed by atoms with Crippen molar-refractivity contribution >= 4 is 38.3 Å². The molecule has 2 N–H and O–H groups in total. The second kappa shape index (κ2) is 7.37. The summed E-state index contributed by atoms with van der Waals surface area (Å²) in [5.74, 6) is -0.123. The monoisotopic (exact) mass is 359 g/mol. The first-order chi connectivity index (χ1) is 12.8. The van der Waals surface area contributed by atoms with Crippen LogP contribution in [0.25, 0.3) is 10.2 Å². The maximum Gasteiger partial charge on any atom is 0.251 e. The Kier molecular flexibility index (Phi) is 4.62. The predicted octanol–water partition coefficient (Wildman–Crippen LogP) is 5.09. The zero-order valence-corrected chi connectivity index (χ0v) is 14.7. The van der Waals surface area contributed by atoms with Crippen LogP contribution in [0.15, 0.2) is 84.9 Å². The number of amides is 1. The normalized spacial score (nSPS) is 11.8. The SMILES string of the molecule is O=C(Nc1ccccc1)C(Nc1nc2ccccc2s1)c1ccccc1. The van der Waals surface area contributed by atoms with Gasteiger partial charge in [0.15, 0.2) is 5.13 Å². The van der Waals surface area contributed by atoms with Crippen LogP contribution < -0.4 is 10.6 Å². The van der Waals surface area contributed by atoms with E-state index in [2.05, 4.69) is 15.6 Å². The fraction of sp³-hybridized carbons (Fsp3) is 0.0476. The molecule has 0 aliphatic heterocycles. The van der Waals surface area contributed by atoms with Crippen LogP contribution in [0.2, 0.25) is 0 Å². The molecule has 0 aliphatic carbocycles. The van der Waals surface area contributed by atoms with E-state index >= 15 is 0 Å². The Labute approximate surface area is 155 Å². The van der Waals surface area contributed by atoms with Crippen LogP contribution in [0.4, 0.5) is 10.8 Å². The number of hydrogen-bond donors (Lipinski definition) is 2. The van der Waals surface area contributed by atoms with Gasteiger partial charge < -0.3 is 10.6 Å². The number of carbonyl (C=O) groups excluding carboxylic acids is 1. The molecule has 0 aliphatic rings. The minimum atomic E-state index is -0.531. The maximum atomic E-state index is 12.9. The number of hydrogen-bond acceptors (Lipinski definition) is 4. The van der Waals surface area contributed by atoms with Crippen molar-refractivity contribution in [2.24, 2.45) is 0 Å². The molecule has 0 saturated heterocycles. The van der Waals surface area contributed by atoms with Gasteiger partial charge in [0.2, 0.25) is 0 Å². The average molecular weight is 359 g/mol. The van der Waals surface area contributed by atoms with Gasteiger partial charge in [-0.25, -0.2) is 4.98 Å². The van der Waals surface area contributed by atoms with E-state index in [1.807, 2.05) is 84.9 Å². The van der Waals surface area contributed by atoms with Crippen LogP contribution in [0.1, 0.15) is 11.6 Å². The summed E-state index contributed by atoms with van der Waals surface area (Å²) in [6.07, 6.45) is 0. The number of rotatable bonds is 5. The number of aromatic nitrogens is 1. The molecule has 5 heteroatoms. The quantitative estimate of drug-likeness (QED) is 0.522. The number of nitrogens with one attached hydrogen (secondary N) is 2. The van der Waals surface area contributed by atoms with Crippen LogP contribution >= 0.6 is 11.3 Å². The zero-order valence-electron chi connectivity index (χ0n) is 13.9. The van der Waals surface area contributed by atoms with Gasteiger partial charge in [-0.2, -0.15) is 0 Å². The molecule has 0 fully saturated rings. The van der Waals surface area contributed by atoms with Crippen molar-refractivity contribution in [2.45, 2.75) is 6.04 Å². The summed E-state index contributed by atoms with van der Waals surface area (Å²) < 4.78 is 1.09. The van der Waals surface area contributed by atoms with E-state index in [0.29, 0.717) is 0 Å². The minimum Gasteiger partial charge on any atom is -0.346 e. The lowest BCUT2D eigenvalue weighted by atomic mass is 10.1. The first kappa shape index (κ1) is 16.3. The molecule has 3 aromatic carbocycles. The van der Waals surface area contributed by atoms with E-state index < -0.39 is 6.04 Å². The predicted molar refractivity (Wildman–Crippen MR) is 107 cm³/mol. The van der Waals surface area contributed by atoms with Crippen LogP contribution in [0, 0.1) is 0 Å². The summed E-state index contributed by atoms with van der Waals surface area (Å²) >= 11 is 1.54. The van der Waals surface area contributed by atoms with Gasteiger partial charge in [-0.3, -0.25) is 4.79 Å². The van der Waals surface area contributed by atoms with E-state index in [9.17, 15) is 4.79 Å². The Morgan fingerprint density at radius 3 is 2.23 bits per heavy atom. The number of nitrogens with zero attached hydrogens (tertiary/aromatic N) is 1. The number of carbonyl (C=O) groups is 1. The molecule has 4 rings (SSSR count). The van der Waals surface area contributed by atoms with E-state index in [4.69, 9.17) is 0 Å². The van der Waals surface area contributed by atoms with Gasteiger partial charge in [-0.15, -0.1) is 0 Å². The van der Waals surface area contributed by atoms with Crippen molar-refractivity contribution in [1.82, 2.24) is 4.98 Å². The lowest BCUT2D eigenvalue weighted by Crippen LogP contribution is -2.27. The summed E-state index contributed by atoms with van der Waals surface area (Å²) in [7, 11) is 0. The summed E-state index contributed by atoms with van der Waals surface area (Å²) in [5.41, 5.74) is 2.58. The van der Waals surface area contributed by atoms with Gasteiger partial charge in [0.25, 0.3) is 5.91 Å². The van der Waals surface area contributed by atoms with Crippen molar-refractivity contribution in [2.75, 3.05) is 10.6 Å². The van der Waals surface area contributed by atoms with E-state index in [0.717, 1.165) is 26.6 Å². The molecular formula is C21H17N3OS. The Bertz CT molecular complexity index is 982. The second-order valence-corrected chi connectivity index (χ2v) is 6.86. The first-order valence-electron chi connectivity index (χ1n) is 8.32. The Hall–Kier alpha value is -3.18. The number of thiazole rings is 1. The topological polar surface area (TPSA) is 54.0 Å². The Morgan fingerprint density at radius 1 is 0.846 bits per heavy atom. The van der Waals surface area contributed by atoms with E-state index in [-0.39, 0.29) is 5.91 Å². The van der Waals surface area contributed by atoms with Crippen molar-refractivity contribution < 1.29 is 4.79 Å². The molecule has 1 atom stereocenters. The molecule has 1 amide bonds. The Morgan fingerprint density at radius 2 is 1.50 bits per heavy atom.